The van der Waals surface area contributed by atoms with Gasteiger partial charge in [-0.25, -0.2) is 14.6 Å². The number of rotatable bonds is 5. The summed E-state index contributed by atoms with van der Waals surface area (Å²) in [6, 6.07) is 15.1. The number of anilines is 1. The minimum Gasteiger partial charge on any atom is -0.358 e. The summed E-state index contributed by atoms with van der Waals surface area (Å²) in [7, 11) is 0. The normalized spacial score (nSPS) is 11.4. The highest BCUT2D eigenvalue weighted by atomic mass is 16.2. The highest BCUT2D eigenvalue weighted by Gasteiger charge is 2.25. The van der Waals surface area contributed by atoms with Crippen molar-refractivity contribution in [3.63, 3.8) is 0 Å². The van der Waals surface area contributed by atoms with Crippen molar-refractivity contribution in [2.75, 3.05) is 5.32 Å². The van der Waals surface area contributed by atoms with Crippen molar-refractivity contribution in [2.45, 2.75) is 27.7 Å². The molecule has 2 N–H and O–H groups in total. The van der Waals surface area contributed by atoms with Crippen molar-refractivity contribution >= 4 is 39.4 Å². The average Bonchev–Trinajstić information content (AvgIpc) is 3.59. The zero-order valence-corrected chi connectivity index (χ0v) is 21.3. The second-order valence-corrected chi connectivity index (χ2v) is 9.25. The van der Waals surface area contributed by atoms with Crippen LogP contribution in [-0.2, 0) is 4.79 Å². The van der Waals surface area contributed by atoms with Gasteiger partial charge in [-0.15, -0.1) is 0 Å². The fourth-order valence-electron chi connectivity index (χ4n) is 4.75. The monoisotopic (exact) mass is 504 g/mol. The average molecular weight is 505 g/mol. The lowest BCUT2D eigenvalue weighted by atomic mass is 10.1. The molecule has 0 radical (unpaired) electrons. The summed E-state index contributed by atoms with van der Waals surface area (Å²) in [5, 5.41) is 13.2. The smallest absolute Gasteiger partial charge is 0.298 e. The van der Waals surface area contributed by atoms with Crippen molar-refractivity contribution in [3.05, 3.63) is 89.1 Å². The van der Waals surface area contributed by atoms with Crippen LogP contribution in [0.25, 0.3) is 33.4 Å². The lowest BCUT2D eigenvalue weighted by molar-refractivity contribution is -0.112. The molecule has 0 saturated carbocycles. The number of Topliss-reactive ketones (excluding diaryl/α,β-unsaturated/α-hetero) is 1. The quantitative estimate of drug-likeness (QED) is 0.263. The number of carbonyl (C=O) groups is 2. The van der Waals surface area contributed by atoms with Gasteiger partial charge in [-0.3, -0.25) is 9.59 Å². The molecule has 10 heteroatoms. The number of carbonyl (C=O) groups excluding carboxylic acids is 2. The Balaban J connectivity index is 1.39. The number of ketones is 1. The van der Waals surface area contributed by atoms with Crippen LogP contribution in [0.4, 0.5) is 5.82 Å². The van der Waals surface area contributed by atoms with E-state index < -0.39 is 11.7 Å². The topological polar surface area (TPSA) is 123 Å². The molecule has 0 saturated heterocycles. The van der Waals surface area contributed by atoms with Gasteiger partial charge < -0.3 is 10.3 Å². The summed E-state index contributed by atoms with van der Waals surface area (Å²) < 4.78 is 3.27. The molecule has 10 nitrogen and oxygen atoms in total. The predicted molar refractivity (Wildman–Crippen MR) is 144 cm³/mol. The first-order chi connectivity index (χ1) is 18.3. The number of aromatic amines is 1. The molecule has 0 bridgehead atoms. The van der Waals surface area contributed by atoms with Gasteiger partial charge in [-0.1, -0.05) is 30.3 Å². The van der Waals surface area contributed by atoms with Crippen LogP contribution in [0.5, 0.6) is 0 Å². The van der Waals surface area contributed by atoms with Crippen LogP contribution in [-0.4, -0.2) is 46.2 Å². The minimum absolute atomic E-state index is 0.317. The van der Waals surface area contributed by atoms with Crippen LogP contribution in [0.2, 0.25) is 0 Å². The van der Waals surface area contributed by atoms with Crippen molar-refractivity contribution in [1.82, 2.24) is 34.5 Å². The standard InChI is InChI=1S/C28H24N8O2/c1-15-8-7-11-22(17(15)3)35-26-20(13-31-35)27(30-14-29-26)36-23(12-16(2)34-36)33-28(38)25(37)24-18(4)32-21-10-6-5-9-19(21)24/h5-14,32H,1-4H3,(H,33,38). The van der Waals surface area contributed by atoms with E-state index >= 15 is 0 Å². The molecule has 0 aliphatic rings. The van der Waals surface area contributed by atoms with Crippen molar-refractivity contribution < 1.29 is 9.59 Å². The van der Waals surface area contributed by atoms with Gasteiger partial charge in [0.25, 0.3) is 11.7 Å². The molecule has 38 heavy (non-hydrogen) atoms. The summed E-state index contributed by atoms with van der Waals surface area (Å²) in [6.07, 6.45) is 3.11. The molecule has 6 aromatic rings. The van der Waals surface area contributed by atoms with E-state index in [0.29, 0.717) is 45.0 Å². The van der Waals surface area contributed by atoms with Gasteiger partial charge in [-0.2, -0.15) is 14.9 Å². The number of benzene rings is 2. The van der Waals surface area contributed by atoms with Gasteiger partial charge in [0.1, 0.15) is 12.1 Å². The van der Waals surface area contributed by atoms with Crippen LogP contribution >= 0.6 is 0 Å². The first-order valence-electron chi connectivity index (χ1n) is 12.1. The fourth-order valence-corrected chi connectivity index (χ4v) is 4.75. The molecule has 188 valence electrons. The SMILES string of the molecule is Cc1cc(NC(=O)C(=O)c2c(C)[nH]c3ccccc23)n(-c2ncnc3c2cnn3-c2cccc(C)c2C)n1. The Bertz CT molecular complexity index is 1890. The predicted octanol–water partition coefficient (Wildman–Crippen LogP) is 4.54. The lowest BCUT2D eigenvalue weighted by Crippen LogP contribution is -2.25. The Morgan fingerprint density at radius 3 is 2.58 bits per heavy atom. The third-order valence-corrected chi connectivity index (χ3v) is 6.75. The molecule has 0 aliphatic carbocycles. The molecular formula is C28H24N8O2. The van der Waals surface area contributed by atoms with Crippen LogP contribution in [0.1, 0.15) is 32.9 Å². The van der Waals surface area contributed by atoms with E-state index in [4.69, 9.17) is 0 Å². The van der Waals surface area contributed by atoms with Gasteiger partial charge in [0.15, 0.2) is 11.5 Å². The van der Waals surface area contributed by atoms with Gasteiger partial charge in [0.2, 0.25) is 0 Å². The van der Waals surface area contributed by atoms with E-state index in [0.717, 1.165) is 22.3 Å². The third kappa shape index (κ3) is 3.65. The molecule has 4 aromatic heterocycles. The maximum Gasteiger partial charge on any atom is 0.298 e. The largest absolute Gasteiger partial charge is 0.358 e. The summed E-state index contributed by atoms with van der Waals surface area (Å²) >= 11 is 0. The highest BCUT2D eigenvalue weighted by molar-refractivity contribution is 6.48. The molecular weight excluding hydrogens is 480 g/mol. The van der Waals surface area contributed by atoms with Gasteiger partial charge in [0.05, 0.1) is 28.5 Å². The highest BCUT2D eigenvalue weighted by Crippen LogP contribution is 2.27. The number of hydrogen-bond acceptors (Lipinski definition) is 6. The first-order valence-corrected chi connectivity index (χ1v) is 12.1. The van der Waals surface area contributed by atoms with E-state index in [-0.39, 0.29) is 0 Å². The second kappa shape index (κ2) is 8.77. The number of para-hydroxylation sites is 1. The Labute approximate surface area is 217 Å². The maximum atomic E-state index is 13.2. The fraction of sp³-hybridized carbons (Fsp3) is 0.143. The van der Waals surface area contributed by atoms with Gasteiger partial charge in [0, 0.05) is 22.7 Å². The van der Waals surface area contributed by atoms with Crippen molar-refractivity contribution in [2.24, 2.45) is 0 Å². The van der Waals surface area contributed by atoms with E-state index in [9.17, 15) is 9.59 Å². The van der Waals surface area contributed by atoms with Crippen LogP contribution in [0, 0.1) is 27.7 Å². The molecule has 0 aliphatic heterocycles. The first kappa shape index (κ1) is 23.3. The van der Waals surface area contributed by atoms with E-state index in [1.165, 1.54) is 11.0 Å². The maximum absolute atomic E-state index is 13.2. The Morgan fingerprint density at radius 2 is 1.74 bits per heavy atom. The molecule has 4 heterocycles. The number of amides is 1. The number of hydrogen-bond donors (Lipinski definition) is 2. The molecule has 2 aromatic carbocycles. The molecule has 0 atom stereocenters. The van der Waals surface area contributed by atoms with Crippen LogP contribution < -0.4 is 5.32 Å². The number of aromatic nitrogens is 7. The molecule has 0 fully saturated rings. The zero-order valence-electron chi connectivity index (χ0n) is 21.3. The molecule has 0 unspecified atom stereocenters. The lowest BCUT2D eigenvalue weighted by Gasteiger charge is -2.10. The summed E-state index contributed by atoms with van der Waals surface area (Å²) in [6.45, 7) is 7.67. The number of aryl methyl sites for hydroxylation is 3. The Hall–Kier alpha value is -5.12. The number of H-pyrrole nitrogens is 1. The summed E-state index contributed by atoms with van der Waals surface area (Å²) in [5.41, 5.74) is 6.16. The van der Waals surface area contributed by atoms with E-state index in [2.05, 4.69) is 30.5 Å². The number of fused-ring (bicyclic) bond motifs is 2. The number of nitrogens with zero attached hydrogens (tertiary/aromatic N) is 6. The minimum atomic E-state index is -0.768. The van der Waals surface area contributed by atoms with Crippen molar-refractivity contribution in [3.8, 4) is 11.5 Å². The number of nitrogens with one attached hydrogen (secondary N) is 2. The molecule has 0 spiro atoms. The van der Waals surface area contributed by atoms with E-state index in [1.54, 1.807) is 30.8 Å². The van der Waals surface area contributed by atoms with Crippen molar-refractivity contribution in [1.29, 1.82) is 0 Å². The second-order valence-electron chi connectivity index (χ2n) is 9.25. The summed E-state index contributed by atoms with van der Waals surface area (Å²) in [4.78, 5) is 38.5. The van der Waals surface area contributed by atoms with Crippen LogP contribution in [0.3, 0.4) is 0 Å². The summed E-state index contributed by atoms with van der Waals surface area (Å²) in [5.74, 6) is -0.653. The zero-order chi connectivity index (χ0) is 26.6. The van der Waals surface area contributed by atoms with Crippen LogP contribution in [0.15, 0.2) is 61.1 Å². The van der Waals surface area contributed by atoms with E-state index in [1.807, 2.05) is 56.3 Å². The van der Waals surface area contributed by atoms with Gasteiger partial charge in [-0.05, 0) is 51.0 Å². The van der Waals surface area contributed by atoms with Gasteiger partial charge >= 0.3 is 0 Å². The molecule has 6 rings (SSSR count). The third-order valence-electron chi connectivity index (χ3n) is 6.75. The molecule has 1 amide bonds. The Morgan fingerprint density at radius 1 is 0.921 bits per heavy atom. The Kier molecular flexibility index (Phi) is 5.37.